The molecule has 0 bridgehead atoms. The predicted octanol–water partition coefficient (Wildman–Crippen LogP) is 2.03. The molecule has 1 fully saturated rings. The monoisotopic (exact) mass is 204 g/mol. The molecule has 13 heavy (non-hydrogen) atoms. The third-order valence-corrected chi connectivity index (χ3v) is 2.78. The van der Waals surface area contributed by atoms with Crippen LogP contribution in [0.3, 0.4) is 0 Å². The highest BCUT2D eigenvalue weighted by molar-refractivity contribution is 7.07. The summed E-state index contributed by atoms with van der Waals surface area (Å²) in [6.45, 7) is 0.601. The normalized spacial score (nSPS) is 21.4. The highest BCUT2D eigenvalue weighted by atomic mass is 32.1. The Morgan fingerprint density at radius 1 is 1.62 bits per heavy atom. The fourth-order valence-corrected chi connectivity index (χ4v) is 1.94. The van der Waals surface area contributed by atoms with Crippen molar-refractivity contribution in [2.75, 3.05) is 0 Å². The lowest BCUT2D eigenvalue weighted by Crippen LogP contribution is -2.48. The average Bonchev–Trinajstić information content (AvgIpc) is 2.48. The van der Waals surface area contributed by atoms with E-state index in [-0.39, 0.29) is 18.9 Å². The molecule has 0 saturated heterocycles. The second-order valence-electron chi connectivity index (χ2n) is 3.32. The van der Waals surface area contributed by atoms with E-state index < -0.39 is 5.92 Å². The maximum absolute atomic E-state index is 12.4. The van der Waals surface area contributed by atoms with E-state index in [0.29, 0.717) is 6.54 Å². The summed E-state index contributed by atoms with van der Waals surface area (Å²) in [5.74, 6) is -2.43. The Balaban J connectivity index is 1.71. The number of thiazole rings is 1. The topological polar surface area (TPSA) is 24.9 Å². The number of alkyl halides is 2. The van der Waals surface area contributed by atoms with Gasteiger partial charge in [-0.05, 0) is 0 Å². The molecule has 5 heteroatoms. The molecule has 1 aromatic heterocycles. The first-order chi connectivity index (χ1) is 6.16. The molecule has 0 unspecified atom stereocenters. The molecule has 0 radical (unpaired) electrons. The second kappa shape index (κ2) is 3.31. The van der Waals surface area contributed by atoms with Gasteiger partial charge in [-0.25, -0.2) is 13.8 Å². The molecule has 1 saturated carbocycles. The third kappa shape index (κ3) is 2.22. The number of nitrogens with zero attached hydrogens (tertiary/aromatic N) is 1. The van der Waals surface area contributed by atoms with E-state index in [0.717, 1.165) is 5.69 Å². The van der Waals surface area contributed by atoms with E-state index >= 15 is 0 Å². The average molecular weight is 204 g/mol. The van der Waals surface area contributed by atoms with Crippen molar-refractivity contribution in [1.29, 1.82) is 0 Å². The van der Waals surface area contributed by atoms with E-state index in [1.165, 1.54) is 11.3 Å². The Bertz CT molecular complexity index is 266. The summed E-state index contributed by atoms with van der Waals surface area (Å²) >= 11 is 1.52. The Kier molecular flexibility index (Phi) is 2.29. The first-order valence-corrected chi connectivity index (χ1v) is 5.08. The Morgan fingerprint density at radius 3 is 2.92 bits per heavy atom. The number of aromatic nitrogens is 1. The summed E-state index contributed by atoms with van der Waals surface area (Å²) in [5, 5.41) is 4.96. The summed E-state index contributed by atoms with van der Waals surface area (Å²) in [6, 6.07) is -0.0308. The molecule has 72 valence electrons. The van der Waals surface area contributed by atoms with Gasteiger partial charge in [0.2, 0.25) is 0 Å². The van der Waals surface area contributed by atoms with Crippen molar-refractivity contribution in [3.05, 3.63) is 16.6 Å². The molecule has 1 aromatic rings. The van der Waals surface area contributed by atoms with Gasteiger partial charge < -0.3 is 5.32 Å². The van der Waals surface area contributed by atoms with Crippen LogP contribution in [0.15, 0.2) is 10.9 Å². The molecule has 2 rings (SSSR count). The lowest BCUT2D eigenvalue weighted by Gasteiger charge is -2.35. The van der Waals surface area contributed by atoms with Gasteiger partial charge in [-0.2, -0.15) is 0 Å². The van der Waals surface area contributed by atoms with Crippen molar-refractivity contribution in [2.45, 2.75) is 31.4 Å². The SMILES string of the molecule is FC1(F)CC(NCc2cscn2)C1. The number of hydrogen-bond donors (Lipinski definition) is 1. The van der Waals surface area contributed by atoms with Crippen LogP contribution in [0.4, 0.5) is 8.78 Å². The molecule has 0 aliphatic heterocycles. The standard InChI is InChI=1S/C8H10F2N2S/c9-8(10)1-6(2-8)11-3-7-4-13-5-12-7/h4-6,11H,1-3H2. The fourth-order valence-electron chi connectivity index (χ4n) is 1.38. The van der Waals surface area contributed by atoms with Crippen LogP contribution < -0.4 is 5.32 Å². The van der Waals surface area contributed by atoms with Crippen molar-refractivity contribution >= 4 is 11.3 Å². The minimum Gasteiger partial charge on any atom is -0.308 e. The lowest BCUT2D eigenvalue weighted by atomic mass is 9.88. The fraction of sp³-hybridized carbons (Fsp3) is 0.625. The molecule has 0 atom stereocenters. The van der Waals surface area contributed by atoms with Crippen LogP contribution in [0, 0.1) is 0 Å². The molecule has 0 aromatic carbocycles. The maximum Gasteiger partial charge on any atom is 0.251 e. The van der Waals surface area contributed by atoms with Gasteiger partial charge in [0.25, 0.3) is 5.92 Å². The summed E-state index contributed by atoms with van der Waals surface area (Å²) in [7, 11) is 0. The summed E-state index contributed by atoms with van der Waals surface area (Å²) in [5.41, 5.74) is 2.67. The molecule has 0 amide bonds. The Hall–Kier alpha value is -0.550. The van der Waals surface area contributed by atoms with Crippen LogP contribution in [0.1, 0.15) is 18.5 Å². The third-order valence-electron chi connectivity index (χ3n) is 2.15. The molecule has 1 N–H and O–H groups in total. The van der Waals surface area contributed by atoms with Gasteiger partial charge in [-0.3, -0.25) is 0 Å². The van der Waals surface area contributed by atoms with Crippen molar-refractivity contribution in [3.8, 4) is 0 Å². The van der Waals surface area contributed by atoms with E-state index in [1.54, 1.807) is 5.51 Å². The second-order valence-corrected chi connectivity index (χ2v) is 4.04. The lowest BCUT2D eigenvalue weighted by molar-refractivity contribution is -0.0930. The van der Waals surface area contributed by atoms with Gasteiger partial charge in [0.1, 0.15) is 0 Å². The zero-order valence-corrected chi connectivity index (χ0v) is 7.78. The largest absolute Gasteiger partial charge is 0.308 e. The van der Waals surface area contributed by atoms with Crippen LogP contribution in [0.25, 0.3) is 0 Å². The van der Waals surface area contributed by atoms with E-state index in [1.807, 2.05) is 5.38 Å². The molecular formula is C8H10F2N2S. The van der Waals surface area contributed by atoms with Gasteiger partial charge in [0, 0.05) is 30.8 Å². The van der Waals surface area contributed by atoms with E-state index in [9.17, 15) is 8.78 Å². The van der Waals surface area contributed by atoms with Gasteiger partial charge in [-0.1, -0.05) is 0 Å². The molecular weight excluding hydrogens is 194 g/mol. The zero-order valence-electron chi connectivity index (χ0n) is 6.96. The van der Waals surface area contributed by atoms with Crippen molar-refractivity contribution < 1.29 is 8.78 Å². The first kappa shape index (κ1) is 9.02. The van der Waals surface area contributed by atoms with Crippen LogP contribution in [-0.2, 0) is 6.54 Å². The molecule has 0 spiro atoms. The number of nitrogens with one attached hydrogen (secondary N) is 1. The van der Waals surface area contributed by atoms with E-state index in [2.05, 4.69) is 10.3 Å². The molecule has 1 aliphatic rings. The number of hydrogen-bond acceptors (Lipinski definition) is 3. The number of halogens is 2. The van der Waals surface area contributed by atoms with Gasteiger partial charge in [0.05, 0.1) is 11.2 Å². The highest BCUT2D eigenvalue weighted by Gasteiger charge is 2.44. The van der Waals surface area contributed by atoms with Crippen LogP contribution in [0.5, 0.6) is 0 Å². The van der Waals surface area contributed by atoms with E-state index in [4.69, 9.17) is 0 Å². The molecule has 1 aliphatic carbocycles. The van der Waals surface area contributed by atoms with Crippen molar-refractivity contribution in [3.63, 3.8) is 0 Å². The van der Waals surface area contributed by atoms with Crippen molar-refractivity contribution in [1.82, 2.24) is 10.3 Å². The zero-order chi connectivity index (χ0) is 9.31. The minimum atomic E-state index is -2.43. The van der Waals surface area contributed by atoms with Crippen molar-refractivity contribution in [2.24, 2.45) is 0 Å². The Morgan fingerprint density at radius 2 is 2.38 bits per heavy atom. The minimum absolute atomic E-state index is 0.0306. The van der Waals surface area contributed by atoms with Crippen LogP contribution >= 0.6 is 11.3 Å². The van der Waals surface area contributed by atoms with Gasteiger partial charge in [0.15, 0.2) is 0 Å². The smallest absolute Gasteiger partial charge is 0.251 e. The van der Waals surface area contributed by atoms with Gasteiger partial charge in [-0.15, -0.1) is 11.3 Å². The number of rotatable bonds is 3. The summed E-state index contributed by atoms with van der Waals surface area (Å²) in [6.07, 6.45) is -0.0612. The van der Waals surface area contributed by atoms with Crippen LogP contribution in [-0.4, -0.2) is 16.9 Å². The maximum atomic E-state index is 12.4. The first-order valence-electron chi connectivity index (χ1n) is 4.14. The molecule has 2 nitrogen and oxygen atoms in total. The molecule has 1 heterocycles. The summed E-state index contributed by atoms with van der Waals surface area (Å²) < 4.78 is 24.8. The highest BCUT2D eigenvalue weighted by Crippen LogP contribution is 2.37. The Labute approximate surface area is 79.0 Å². The summed E-state index contributed by atoms with van der Waals surface area (Å²) in [4.78, 5) is 4.05. The van der Waals surface area contributed by atoms with Gasteiger partial charge >= 0.3 is 0 Å². The predicted molar refractivity (Wildman–Crippen MR) is 46.9 cm³/mol. The van der Waals surface area contributed by atoms with Crippen LogP contribution in [0.2, 0.25) is 0 Å². The quantitative estimate of drug-likeness (QED) is 0.814.